The van der Waals surface area contributed by atoms with Crippen molar-refractivity contribution in [1.82, 2.24) is 9.78 Å². The number of hydrogen-bond acceptors (Lipinski definition) is 2. The first kappa shape index (κ1) is 16.1. The predicted molar refractivity (Wildman–Crippen MR) is 92.8 cm³/mol. The zero-order valence-electron chi connectivity index (χ0n) is 13.3. The van der Waals surface area contributed by atoms with Crippen LogP contribution in [0.2, 0.25) is 0 Å². The lowest BCUT2D eigenvalue weighted by molar-refractivity contribution is 0.426. The van der Waals surface area contributed by atoms with Crippen molar-refractivity contribution in [3.63, 3.8) is 0 Å². The second-order valence-corrected chi connectivity index (χ2v) is 6.33. The summed E-state index contributed by atoms with van der Waals surface area (Å²) in [6, 6.07) is 6.93. The van der Waals surface area contributed by atoms with E-state index in [0.29, 0.717) is 6.04 Å². The van der Waals surface area contributed by atoms with Gasteiger partial charge in [-0.15, -0.1) is 0 Å². The number of aromatic nitrogens is 2. The third-order valence-electron chi connectivity index (χ3n) is 3.89. The summed E-state index contributed by atoms with van der Waals surface area (Å²) in [5, 5.41) is 8.14. The van der Waals surface area contributed by atoms with Crippen LogP contribution in [0.4, 0.5) is 5.69 Å². The minimum Gasteiger partial charge on any atom is -0.379 e. The molecule has 0 aliphatic rings. The normalized spacial score (nSPS) is 11.1. The van der Waals surface area contributed by atoms with E-state index in [0.717, 1.165) is 30.8 Å². The summed E-state index contributed by atoms with van der Waals surface area (Å²) in [7, 11) is 0. The first-order valence-electron chi connectivity index (χ1n) is 7.59. The van der Waals surface area contributed by atoms with Crippen LogP contribution in [-0.4, -0.2) is 9.78 Å². The zero-order chi connectivity index (χ0) is 15.4. The zero-order valence-corrected chi connectivity index (χ0v) is 14.9. The second kappa shape index (κ2) is 7.12. The molecule has 0 saturated carbocycles. The number of nitrogens with zero attached hydrogens (tertiary/aromatic N) is 2. The van der Waals surface area contributed by atoms with Crippen molar-refractivity contribution in [3.8, 4) is 0 Å². The van der Waals surface area contributed by atoms with E-state index in [1.807, 2.05) is 0 Å². The van der Waals surface area contributed by atoms with E-state index < -0.39 is 0 Å². The molecule has 0 aliphatic carbocycles. The molecule has 0 spiro atoms. The van der Waals surface area contributed by atoms with E-state index in [4.69, 9.17) is 0 Å². The summed E-state index contributed by atoms with van der Waals surface area (Å²) in [6.45, 7) is 9.41. The predicted octanol–water partition coefficient (Wildman–Crippen LogP) is 5.24. The molecule has 0 atom stereocenters. The molecule has 0 unspecified atom stereocenters. The van der Waals surface area contributed by atoms with Gasteiger partial charge in [-0.25, -0.2) is 0 Å². The van der Waals surface area contributed by atoms with Gasteiger partial charge in [0.25, 0.3) is 0 Å². The number of aryl methyl sites for hydroxylation is 2. The second-order valence-electron chi connectivity index (χ2n) is 5.53. The molecule has 0 radical (unpaired) electrons. The van der Waals surface area contributed by atoms with Gasteiger partial charge in [-0.1, -0.05) is 29.8 Å². The third-order valence-corrected chi connectivity index (χ3v) is 5.14. The lowest BCUT2D eigenvalue weighted by Crippen LogP contribution is -2.09. The highest BCUT2D eigenvalue weighted by atomic mass is 79.9. The molecule has 114 valence electrons. The Kier molecular flexibility index (Phi) is 5.45. The smallest absolute Gasteiger partial charge is 0.0815 e. The quantitative estimate of drug-likeness (QED) is 0.773. The Morgan fingerprint density at radius 3 is 2.38 bits per heavy atom. The van der Waals surface area contributed by atoms with Gasteiger partial charge < -0.3 is 5.32 Å². The Balaban J connectivity index is 2.03. The molecule has 0 amide bonds. The van der Waals surface area contributed by atoms with Crippen molar-refractivity contribution >= 4 is 21.6 Å². The third kappa shape index (κ3) is 3.88. The summed E-state index contributed by atoms with van der Waals surface area (Å²) in [6.07, 6.45) is 4.33. The van der Waals surface area contributed by atoms with E-state index in [9.17, 15) is 0 Å². The molecule has 1 heterocycles. The van der Waals surface area contributed by atoms with Gasteiger partial charge in [0.1, 0.15) is 0 Å². The lowest BCUT2D eigenvalue weighted by Gasteiger charge is -2.12. The van der Waals surface area contributed by atoms with E-state index in [2.05, 4.69) is 83.1 Å². The monoisotopic (exact) mass is 349 g/mol. The number of hydrogen-bond donors (Lipinski definition) is 1. The van der Waals surface area contributed by atoms with Gasteiger partial charge in [0, 0.05) is 16.4 Å². The molecule has 1 aromatic heterocycles. The van der Waals surface area contributed by atoms with Gasteiger partial charge in [-0.2, -0.15) is 5.10 Å². The number of benzene rings is 1. The number of halogens is 1. The molecule has 1 aromatic carbocycles. The van der Waals surface area contributed by atoms with Crippen LogP contribution in [0.5, 0.6) is 0 Å². The molecule has 0 bridgehead atoms. The van der Waals surface area contributed by atoms with Gasteiger partial charge in [0.15, 0.2) is 0 Å². The van der Waals surface area contributed by atoms with Crippen molar-refractivity contribution in [3.05, 3.63) is 45.7 Å². The average Bonchev–Trinajstić information content (AvgIpc) is 2.92. The molecule has 0 saturated heterocycles. The highest BCUT2D eigenvalue weighted by molar-refractivity contribution is 9.10. The molecule has 2 rings (SSSR count). The van der Waals surface area contributed by atoms with Gasteiger partial charge in [0.2, 0.25) is 0 Å². The van der Waals surface area contributed by atoms with Crippen molar-refractivity contribution in [2.75, 3.05) is 5.32 Å². The Morgan fingerprint density at radius 1 is 1.19 bits per heavy atom. The van der Waals surface area contributed by atoms with Gasteiger partial charge >= 0.3 is 0 Å². The number of rotatable bonds is 6. The van der Waals surface area contributed by atoms with Crippen LogP contribution in [0, 0.1) is 13.8 Å². The standard InChI is InChI=1S/C17H24BrN3/c1-5-16(6-2)21-8-7-14(20-21)11-19-15-9-12(3)17(18)13(4)10-15/h7-10,16,19H,5-6,11H2,1-4H3. The maximum Gasteiger partial charge on any atom is 0.0815 e. The molecular formula is C17H24BrN3. The van der Waals surface area contributed by atoms with Crippen LogP contribution < -0.4 is 5.32 Å². The molecule has 2 aromatic rings. The molecule has 0 fully saturated rings. The Morgan fingerprint density at radius 2 is 1.81 bits per heavy atom. The van der Waals surface area contributed by atoms with E-state index >= 15 is 0 Å². The summed E-state index contributed by atoms with van der Waals surface area (Å²) in [4.78, 5) is 0. The summed E-state index contributed by atoms with van der Waals surface area (Å²) < 4.78 is 3.28. The maximum absolute atomic E-state index is 4.67. The Hall–Kier alpha value is -1.29. The van der Waals surface area contributed by atoms with Crippen LogP contribution in [0.15, 0.2) is 28.9 Å². The molecule has 4 heteroatoms. The van der Waals surface area contributed by atoms with Crippen LogP contribution in [0.1, 0.15) is 49.6 Å². The van der Waals surface area contributed by atoms with Crippen molar-refractivity contribution in [1.29, 1.82) is 0 Å². The minimum absolute atomic E-state index is 0.510. The minimum atomic E-state index is 0.510. The number of nitrogens with one attached hydrogen (secondary N) is 1. The fourth-order valence-electron chi connectivity index (χ4n) is 2.58. The molecule has 21 heavy (non-hydrogen) atoms. The Bertz CT molecular complexity index is 577. The van der Waals surface area contributed by atoms with Crippen LogP contribution in [0.3, 0.4) is 0 Å². The molecule has 1 N–H and O–H groups in total. The summed E-state index contributed by atoms with van der Waals surface area (Å²) in [5.41, 5.74) is 4.73. The summed E-state index contributed by atoms with van der Waals surface area (Å²) in [5.74, 6) is 0. The van der Waals surface area contributed by atoms with Crippen LogP contribution in [0.25, 0.3) is 0 Å². The molecule has 3 nitrogen and oxygen atoms in total. The topological polar surface area (TPSA) is 29.9 Å². The van der Waals surface area contributed by atoms with Crippen LogP contribution >= 0.6 is 15.9 Å². The summed E-state index contributed by atoms with van der Waals surface area (Å²) >= 11 is 3.60. The molecular weight excluding hydrogens is 326 g/mol. The van der Waals surface area contributed by atoms with Gasteiger partial charge in [0.05, 0.1) is 18.3 Å². The fraction of sp³-hybridized carbons (Fsp3) is 0.471. The van der Waals surface area contributed by atoms with Crippen molar-refractivity contribution < 1.29 is 0 Å². The van der Waals surface area contributed by atoms with E-state index in [1.165, 1.54) is 15.6 Å². The maximum atomic E-state index is 4.67. The lowest BCUT2D eigenvalue weighted by atomic mass is 10.1. The van der Waals surface area contributed by atoms with Crippen molar-refractivity contribution in [2.45, 2.75) is 53.1 Å². The number of anilines is 1. The first-order valence-corrected chi connectivity index (χ1v) is 8.39. The van der Waals surface area contributed by atoms with Crippen LogP contribution in [-0.2, 0) is 6.54 Å². The Labute approximate surface area is 135 Å². The largest absolute Gasteiger partial charge is 0.379 e. The van der Waals surface area contributed by atoms with E-state index in [1.54, 1.807) is 0 Å². The van der Waals surface area contributed by atoms with E-state index in [-0.39, 0.29) is 0 Å². The SMILES string of the molecule is CCC(CC)n1ccc(CNc2cc(C)c(Br)c(C)c2)n1. The first-order chi connectivity index (χ1) is 10.0. The fourth-order valence-corrected chi connectivity index (χ4v) is 2.81. The highest BCUT2D eigenvalue weighted by Crippen LogP contribution is 2.25. The van der Waals surface area contributed by atoms with Gasteiger partial charge in [-0.05, 0) is 56.0 Å². The van der Waals surface area contributed by atoms with Gasteiger partial charge in [-0.3, -0.25) is 4.68 Å². The highest BCUT2D eigenvalue weighted by Gasteiger charge is 2.08. The molecule has 0 aliphatic heterocycles. The average molecular weight is 350 g/mol. The van der Waals surface area contributed by atoms with Crippen molar-refractivity contribution in [2.24, 2.45) is 0 Å².